The molecule has 0 heterocycles. The van der Waals surface area contributed by atoms with Gasteiger partial charge in [0.25, 0.3) is 0 Å². The maximum atomic E-state index is 11.9. The quantitative estimate of drug-likeness (QED) is 0.606. The standard InChI is InChI=1S/C16H14O2/c1-11-7-9-13(10-8-11)14-5-3-4-6-15(14)16(18)12(2)17/h3-10H,1-2H3. The Morgan fingerprint density at radius 2 is 1.50 bits per heavy atom. The van der Waals surface area contributed by atoms with E-state index in [0.29, 0.717) is 5.56 Å². The summed E-state index contributed by atoms with van der Waals surface area (Å²) in [5, 5.41) is 0. The molecule has 0 atom stereocenters. The zero-order valence-electron chi connectivity index (χ0n) is 10.4. The Morgan fingerprint density at radius 1 is 0.889 bits per heavy atom. The van der Waals surface area contributed by atoms with Gasteiger partial charge in [0.05, 0.1) is 0 Å². The van der Waals surface area contributed by atoms with Gasteiger partial charge >= 0.3 is 0 Å². The number of hydrogen-bond acceptors (Lipinski definition) is 2. The summed E-state index contributed by atoms with van der Waals surface area (Å²) in [6.07, 6.45) is 0. The van der Waals surface area contributed by atoms with Crippen LogP contribution < -0.4 is 0 Å². The van der Waals surface area contributed by atoms with Crippen molar-refractivity contribution in [3.63, 3.8) is 0 Å². The van der Waals surface area contributed by atoms with E-state index >= 15 is 0 Å². The summed E-state index contributed by atoms with van der Waals surface area (Å²) in [5.41, 5.74) is 3.38. The third-order valence-corrected chi connectivity index (χ3v) is 2.85. The highest BCUT2D eigenvalue weighted by Crippen LogP contribution is 2.24. The minimum Gasteiger partial charge on any atom is -0.291 e. The monoisotopic (exact) mass is 238 g/mol. The van der Waals surface area contributed by atoms with Crippen molar-refractivity contribution in [2.24, 2.45) is 0 Å². The van der Waals surface area contributed by atoms with Crippen LogP contribution in [0.4, 0.5) is 0 Å². The van der Waals surface area contributed by atoms with E-state index in [4.69, 9.17) is 0 Å². The molecule has 90 valence electrons. The number of rotatable bonds is 3. The van der Waals surface area contributed by atoms with Gasteiger partial charge in [-0.05, 0) is 18.1 Å². The van der Waals surface area contributed by atoms with Crippen molar-refractivity contribution in [3.05, 3.63) is 59.7 Å². The number of Topliss-reactive ketones (excluding diaryl/α,β-unsaturated/α-hetero) is 2. The van der Waals surface area contributed by atoms with E-state index in [1.807, 2.05) is 43.3 Å². The third-order valence-electron chi connectivity index (χ3n) is 2.85. The number of ketones is 2. The molecule has 0 unspecified atom stereocenters. The fraction of sp³-hybridized carbons (Fsp3) is 0.125. The first-order chi connectivity index (χ1) is 8.59. The lowest BCUT2D eigenvalue weighted by atomic mass is 9.95. The van der Waals surface area contributed by atoms with Gasteiger partial charge in [0, 0.05) is 12.5 Å². The average molecular weight is 238 g/mol. The highest BCUT2D eigenvalue weighted by molar-refractivity contribution is 6.44. The molecule has 0 radical (unpaired) electrons. The molecule has 0 aliphatic rings. The number of hydrogen-bond donors (Lipinski definition) is 0. The van der Waals surface area contributed by atoms with Crippen LogP contribution in [0.2, 0.25) is 0 Å². The fourth-order valence-electron chi connectivity index (χ4n) is 1.86. The second-order valence-corrected chi connectivity index (χ2v) is 4.30. The molecule has 0 fully saturated rings. The highest BCUT2D eigenvalue weighted by Gasteiger charge is 2.15. The van der Waals surface area contributed by atoms with Gasteiger partial charge in [0.2, 0.25) is 5.78 Å². The second-order valence-electron chi connectivity index (χ2n) is 4.30. The molecule has 2 aromatic carbocycles. The summed E-state index contributed by atoms with van der Waals surface area (Å²) >= 11 is 0. The summed E-state index contributed by atoms with van der Waals surface area (Å²) < 4.78 is 0. The Morgan fingerprint density at radius 3 is 2.11 bits per heavy atom. The number of benzene rings is 2. The van der Waals surface area contributed by atoms with Crippen molar-refractivity contribution in [2.75, 3.05) is 0 Å². The van der Waals surface area contributed by atoms with E-state index in [9.17, 15) is 9.59 Å². The normalized spacial score (nSPS) is 10.1. The molecule has 0 bridgehead atoms. The molecule has 2 nitrogen and oxygen atoms in total. The van der Waals surface area contributed by atoms with Crippen molar-refractivity contribution in [2.45, 2.75) is 13.8 Å². The summed E-state index contributed by atoms with van der Waals surface area (Å²) in [5.74, 6) is -0.874. The van der Waals surface area contributed by atoms with E-state index in [0.717, 1.165) is 16.7 Å². The van der Waals surface area contributed by atoms with E-state index in [1.54, 1.807) is 12.1 Å². The van der Waals surface area contributed by atoms with Gasteiger partial charge in [0.15, 0.2) is 5.78 Å². The van der Waals surface area contributed by atoms with Crippen LogP contribution >= 0.6 is 0 Å². The highest BCUT2D eigenvalue weighted by atomic mass is 16.2. The topological polar surface area (TPSA) is 34.1 Å². The molecule has 0 N–H and O–H groups in total. The zero-order valence-corrected chi connectivity index (χ0v) is 10.4. The molecular formula is C16H14O2. The first-order valence-electron chi connectivity index (χ1n) is 5.81. The lowest BCUT2D eigenvalue weighted by Gasteiger charge is -2.07. The zero-order chi connectivity index (χ0) is 13.1. The van der Waals surface area contributed by atoms with E-state index in [-0.39, 0.29) is 0 Å². The summed E-state index contributed by atoms with van der Waals surface area (Å²) in [6.45, 7) is 3.31. The lowest BCUT2D eigenvalue weighted by molar-refractivity contribution is -0.113. The van der Waals surface area contributed by atoms with Crippen LogP contribution in [0.3, 0.4) is 0 Å². The van der Waals surface area contributed by atoms with Crippen molar-refractivity contribution in [1.82, 2.24) is 0 Å². The van der Waals surface area contributed by atoms with Crippen LogP contribution in [0.5, 0.6) is 0 Å². The number of carbonyl (C=O) groups excluding carboxylic acids is 2. The largest absolute Gasteiger partial charge is 0.291 e. The van der Waals surface area contributed by atoms with Crippen molar-refractivity contribution >= 4 is 11.6 Å². The number of carbonyl (C=O) groups is 2. The van der Waals surface area contributed by atoms with E-state index < -0.39 is 11.6 Å². The molecular weight excluding hydrogens is 224 g/mol. The van der Waals surface area contributed by atoms with Crippen LogP contribution in [0, 0.1) is 6.92 Å². The third kappa shape index (κ3) is 2.38. The van der Waals surface area contributed by atoms with Crippen LogP contribution in [-0.2, 0) is 4.79 Å². The Bertz CT molecular complexity index is 595. The van der Waals surface area contributed by atoms with Gasteiger partial charge in [-0.15, -0.1) is 0 Å². The molecule has 0 aliphatic carbocycles. The number of aryl methyl sites for hydroxylation is 1. The molecule has 0 saturated heterocycles. The van der Waals surface area contributed by atoms with Gasteiger partial charge in [0.1, 0.15) is 0 Å². The van der Waals surface area contributed by atoms with Gasteiger partial charge < -0.3 is 0 Å². The Hall–Kier alpha value is -2.22. The predicted octanol–water partition coefficient (Wildman–Crippen LogP) is 3.43. The molecule has 0 amide bonds. The molecule has 18 heavy (non-hydrogen) atoms. The van der Waals surface area contributed by atoms with Crippen molar-refractivity contribution < 1.29 is 9.59 Å². The van der Waals surface area contributed by atoms with Crippen molar-refractivity contribution in [3.8, 4) is 11.1 Å². The van der Waals surface area contributed by atoms with Crippen LogP contribution in [0.15, 0.2) is 48.5 Å². The maximum absolute atomic E-state index is 11.9. The van der Waals surface area contributed by atoms with Gasteiger partial charge in [-0.3, -0.25) is 9.59 Å². The minimum atomic E-state index is -0.439. The molecule has 0 aromatic heterocycles. The van der Waals surface area contributed by atoms with E-state index in [2.05, 4.69) is 0 Å². The summed E-state index contributed by atoms with van der Waals surface area (Å²) in [4.78, 5) is 23.1. The smallest absolute Gasteiger partial charge is 0.228 e. The van der Waals surface area contributed by atoms with Gasteiger partial charge in [-0.1, -0.05) is 54.1 Å². The Labute approximate surface area is 106 Å². The fourth-order valence-corrected chi connectivity index (χ4v) is 1.86. The predicted molar refractivity (Wildman–Crippen MR) is 71.6 cm³/mol. The first kappa shape index (κ1) is 12.2. The minimum absolute atomic E-state index is 0.436. The van der Waals surface area contributed by atoms with E-state index in [1.165, 1.54) is 6.92 Å². The molecule has 2 rings (SSSR count). The lowest BCUT2D eigenvalue weighted by Crippen LogP contribution is -2.10. The molecule has 0 saturated carbocycles. The molecule has 0 spiro atoms. The first-order valence-corrected chi connectivity index (χ1v) is 5.81. The van der Waals surface area contributed by atoms with Crippen LogP contribution in [0.1, 0.15) is 22.8 Å². The van der Waals surface area contributed by atoms with Crippen LogP contribution in [0.25, 0.3) is 11.1 Å². The Kier molecular flexibility index (Phi) is 3.38. The molecule has 2 heteroatoms. The molecule has 2 aromatic rings. The summed E-state index contributed by atoms with van der Waals surface area (Å²) in [6, 6.07) is 15.1. The van der Waals surface area contributed by atoms with Gasteiger partial charge in [-0.25, -0.2) is 0 Å². The summed E-state index contributed by atoms with van der Waals surface area (Å²) in [7, 11) is 0. The SMILES string of the molecule is CC(=O)C(=O)c1ccccc1-c1ccc(C)cc1. The van der Waals surface area contributed by atoms with Gasteiger partial charge in [-0.2, -0.15) is 0 Å². The molecule has 0 aliphatic heterocycles. The van der Waals surface area contributed by atoms with Crippen LogP contribution in [-0.4, -0.2) is 11.6 Å². The average Bonchev–Trinajstić information content (AvgIpc) is 2.39. The van der Waals surface area contributed by atoms with Crippen molar-refractivity contribution in [1.29, 1.82) is 0 Å². The second kappa shape index (κ2) is 4.96. The maximum Gasteiger partial charge on any atom is 0.228 e. The Balaban J connectivity index is 2.54.